The fourth-order valence-corrected chi connectivity index (χ4v) is 9.92. The van der Waals surface area contributed by atoms with Crippen molar-refractivity contribution < 1.29 is 0 Å². The summed E-state index contributed by atoms with van der Waals surface area (Å²) < 4.78 is 0. The van der Waals surface area contributed by atoms with Crippen LogP contribution in [0.15, 0.2) is 172 Å². The second-order valence-electron chi connectivity index (χ2n) is 14.9. The number of rotatable bonds is 4. The Hall–Kier alpha value is -5.03. The molecule has 7 rings (SSSR count). The molecule has 1 heteroatoms. The van der Waals surface area contributed by atoms with Crippen LogP contribution in [-0.4, -0.2) is 0 Å². The van der Waals surface area contributed by atoms with Gasteiger partial charge in [0.2, 0.25) is 0 Å². The van der Waals surface area contributed by atoms with E-state index in [0.717, 1.165) is 5.56 Å². The topological polar surface area (TPSA) is 0 Å². The minimum absolute atomic E-state index is 0.0193. The zero-order chi connectivity index (χ0) is 34.2. The Morgan fingerprint density at radius 3 is 1.12 bits per heavy atom. The molecule has 49 heavy (non-hydrogen) atoms. The Morgan fingerprint density at radius 2 is 0.755 bits per heavy atom. The number of hydrogen-bond acceptors (Lipinski definition) is 0. The average Bonchev–Trinajstić information content (AvgIpc) is 3.12. The first-order valence-electron chi connectivity index (χ1n) is 17.2. The van der Waals surface area contributed by atoms with Crippen molar-refractivity contribution in [3.05, 3.63) is 174 Å². The van der Waals surface area contributed by atoms with Gasteiger partial charge in [-0.3, -0.25) is 0 Å². The van der Waals surface area contributed by atoms with Gasteiger partial charge in [-0.2, -0.15) is 0 Å². The van der Waals surface area contributed by atoms with E-state index in [4.69, 9.17) is 0 Å². The average molecular weight is 653 g/mol. The van der Waals surface area contributed by atoms with Gasteiger partial charge in [-0.25, -0.2) is 0 Å². The highest BCUT2D eigenvalue weighted by atomic mass is 32.3. The van der Waals surface area contributed by atoms with Crippen LogP contribution < -0.4 is 0 Å². The first-order valence-corrected chi connectivity index (χ1v) is 18.8. The van der Waals surface area contributed by atoms with Crippen molar-refractivity contribution in [2.45, 2.75) is 67.1 Å². The molecule has 0 unspecified atom stereocenters. The van der Waals surface area contributed by atoms with Crippen LogP contribution in [0.3, 0.4) is 0 Å². The van der Waals surface area contributed by atoms with Crippen molar-refractivity contribution in [2.24, 2.45) is 0 Å². The lowest BCUT2D eigenvalue weighted by molar-refractivity contribution is 0.569. The molecule has 242 valence electrons. The molecule has 0 radical (unpaired) electrons. The molecule has 0 fully saturated rings. The molecule has 0 saturated carbocycles. The largest absolute Gasteiger partial charge is 0.0949 e. The molecule has 7 aromatic rings. The molecule has 0 spiro atoms. The molecule has 0 amide bonds. The standard InChI is InChI=1S/C48H44S/c1-47(2,3)36-32-35(33-37(34-36)48(4,5)6)46-44-28-18-16-26-41(44)43(42-27-17-19-29-45(42)46)30-31-49(38-20-10-7-11-21-38,39-22-12-8-13-23-39)40-24-14-9-15-25-40/h7-29,32-34H,1-6H3. The van der Waals surface area contributed by atoms with Gasteiger partial charge in [0.25, 0.3) is 0 Å². The Labute approximate surface area is 294 Å². The van der Waals surface area contributed by atoms with Crippen molar-refractivity contribution in [1.82, 2.24) is 0 Å². The van der Waals surface area contributed by atoms with Crippen LogP contribution in [0.5, 0.6) is 0 Å². The van der Waals surface area contributed by atoms with Gasteiger partial charge in [0.15, 0.2) is 0 Å². The van der Waals surface area contributed by atoms with Crippen molar-refractivity contribution in [3.63, 3.8) is 0 Å². The Bertz CT molecular complexity index is 2140. The second-order valence-corrected chi connectivity index (χ2v) is 17.8. The Balaban J connectivity index is 1.58. The normalized spacial score (nSPS) is 12.4. The monoisotopic (exact) mass is 652 g/mol. The van der Waals surface area contributed by atoms with Crippen molar-refractivity contribution in [1.29, 1.82) is 0 Å². The zero-order valence-electron chi connectivity index (χ0n) is 29.4. The van der Waals surface area contributed by atoms with Gasteiger partial charge < -0.3 is 0 Å². The third kappa shape index (κ3) is 6.07. The first kappa shape index (κ1) is 32.5. The molecule has 0 atom stereocenters. The number of hydrogen-bond donors (Lipinski definition) is 0. The van der Waals surface area contributed by atoms with Crippen LogP contribution in [0.4, 0.5) is 0 Å². The predicted molar refractivity (Wildman–Crippen MR) is 213 cm³/mol. The number of fused-ring (bicyclic) bond motifs is 2. The van der Waals surface area contributed by atoms with E-state index in [1.54, 1.807) is 0 Å². The van der Waals surface area contributed by atoms with Crippen molar-refractivity contribution >= 4 is 31.6 Å². The van der Waals surface area contributed by atoms with E-state index in [1.807, 2.05) is 0 Å². The third-order valence-electron chi connectivity index (χ3n) is 9.50. The summed E-state index contributed by atoms with van der Waals surface area (Å²) in [5.74, 6) is 3.90. The van der Waals surface area contributed by atoms with Gasteiger partial charge in [-0.1, -0.05) is 179 Å². The van der Waals surface area contributed by atoms with Gasteiger partial charge in [0, 0.05) is 20.2 Å². The molecule has 0 saturated heterocycles. The van der Waals surface area contributed by atoms with Gasteiger partial charge >= 0.3 is 0 Å². The summed E-state index contributed by atoms with van der Waals surface area (Å²) >= 11 is 0. The molecule has 0 bridgehead atoms. The zero-order valence-corrected chi connectivity index (χ0v) is 30.2. The fourth-order valence-electron chi connectivity index (χ4n) is 6.80. The molecule has 0 nitrogen and oxygen atoms in total. The van der Waals surface area contributed by atoms with Crippen LogP contribution in [0, 0.1) is 11.2 Å². The minimum Gasteiger partial charge on any atom is -0.0949 e. The lowest BCUT2D eigenvalue weighted by atomic mass is 9.78. The molecule has 0 aliphatic heterocycles. The summed E-state index contributed by atoms with van der Waals surface area (Å²) in [5.41, 5.74) is 6.38. The van der Waals surface area contributed by atoms with Gasteiger partial charge in [0.05, 0.1) is 0 Å². The molecule has 7 aromatic carbocycles. The van der Waals surface area contributed by atoms with Crippen LogP contribution in [0.25, 0.3) is 32.7 Å². The van der Waals surface area contributed by atoms with E-state index in [0.29, 0.717) is 0 Å². The SMILES string of the molecule is CC(C)(C)c1cc(-c2c3ccccc3c(C#CS(c3ccccc3)(c3ccccc3)c3ccccc3)c3ccccc23)cc(C(C)(C)C)c1. The molecule has 0 aromatic heterocycles. The first-order chi connectivity index (χ1) is 23.6. The smallest absolute Gasteiger partial charge is 0.0411 e. The molecule has 0 N–H and O–H groups in total. The van der Waals surface area contributed by atoms with E-state index >= 15 is 0 Å². The maximum Gasteiger partial charge on any atom is 0.0411 e. The molecule has 0 heterocycles. The highest BCUT2D eigenvalue weighted by molar-refractivity contribution is 8.37. The van der Waals surface area contributed by atoms with E-state index in [1.165, 1.54) is 58.5 Å². The fraction of sp³-hybridized carbons (Fsp3) is 0.167. The summed E-state index contributed by atoms with van der Waals surface area (Å²) in [4.78, 5) is 3.71. The Kier molecular flexibility index (Phi) is 8.48. The minimum atomic E-state index is -1.94. The van der Waals surface area contributed by atoms with Crippen LogP contribution in [-0.2, 0) is 10.8 Å². The third-order valence-corrected chi connectivity index (χ3v) is 12.9. The van der Waals surface area contributed by atoms with E-state index < -0.39 is 10.0 Å². The van der Waals surface area contributed by atoms with Gasteiger partial charge in [-0.15, -0.1) is 0 Å². The van der Waals surface area contributed by atoms with Crippen LogP contribution in [0.2, 0.25) is 0 Å². The van der Waals surface area contributed by atoms with Crippen molar-refractivity contribution in [2.75, 3.05) is 0 Å². The highest BCUT2D eigenvalue weighted by Crippen LogP contribution is 2.67. The highest BCUT2D eigenvalue weighted by Gasteiger charge is 2.30. The number of benzene rings is 7. The summed E-state index contributed by atoms with van der Waals surface area (Å²) in [7, 11) is -1.94. The van der Waals surface area contributed by atoms with Crippen molar-refractivity contribution in [3.8, 4) is 22.3 Å². The van der Waals surface area contributed by atoms with Crippen LogP contribution >= 0.6 is 10.0 Å². The van der Waals surface area contributed by atoms with Crippen LogP contribution in [0.1, 0.15) is 58.2 Å². The molecular formula is C48H44S. The predicted octanol–water partition coefficient (Wildman–Crippen LogP) is 13.5. The van der Waals surface area contributed by atoms with Gasteiger partial charge in [-0.05, 0) is 96.3 Å². The lowest BCUT2D eigenvalue weighted by Gasteiger charge is -2.36. The van der Waals surface area contributed by atoms with E-state index in [-0.39, 0.29) is 10.8 Å². The van der Waals surface area contributed by atoms with Gasteiger partial charge in [0.1, 0.15) is 0 Å². The quantitative estimate of drug-likeness (QED) is 0.131. The second kappa shape index (κ2) is 12.8. The maximum absolute atomic E-state index is 4.03. The van der Waals surface area contributed by atoms with E-state index in [2.05, 4.69) is 210 Å². The molecular weight excluding hydrogens is 609 g/mol. The lowest BCUT2D eigenvalue weighted by Crippen LogP contribution is -2.16. The summed E-state index contributed by atoms with van der Waals surface area (Å²) in [6.07, 6.45) is 0. The molecule has 0 aliphatic carbocycles. The maximum atomic E-state index is 4.03. The summed E-state index contributed by atoms with van der Waals surface area (Å²) in [6.45, 7) is 13.9. The Morgan fingerprint density at radius 1 is 0.408 bits per heavy atom. The summed E-state index contributed by atoms with van der Waals surface area (Å²) in [5, 5.41) is 8.87. The van der Waals surface area contributed by atoms with E-state index in [9.17, 15) is 0 Å². The summed E-state index contributed by atoms with van der Waals surface area (Å²) in [6, 6.07) is 57.6. The molecule has 0 aliphatic rings.